The van der Waals surface area contributed by atoms with Gasteiger partial charge in [0.15, 0.2) is 0 Å². The normalized spacial score (nSPS) is 10.5. The van der Waals surface area contributed by atoms with Gasteiger partial charge in [0.2, 0.25) is 0 Å². The molecule has 2 rings (SSSR count). The summed E-state index contributed by atoms with van der Waals surface area (Å²) in [6.45, 7) is 0.136. The molecule has 5 nitrogen and oxygen atoms in total. The molecular weight excluding hydrogens is 254 g/mol. The van der Waals surface area contributed by atoms with Gasteiger partial charge < -0.3 is 11.1 Å². The van der Waals surface area contributed by atoms with Crippen LogP contribution < -0.4 is 11.1 Å². The van der Waals surface area contributed by atoms with E-state index in [-0.39, 0.29) is 12.1 Å². The van der Waals surface area contributed by atoms with Crippen molar-refractivity contribution < 1.29 is 13.6 Å². The zero-order valence-electron chi connectivity index (χ0n) is 10.2. The lowest BCUT2D eigenvalue weighted by Crippen LogP contribution is -2.23. The van der Waals surface area contributed by atoms with Crippen LogP contribution in [0.3, 0.4) is 0 Å². The molecule has 0 radical (unpaired) electrons. The average Bonchev–Trinajstić information content (AvgIpc) is 2.66. The molecule has 2 aromatic rings. The third kappa shape index (κ3) is 2.87. The van der Waals surface area contributed by atoms with Crippen molar-refractivity contribution in [1.29, 1.82) is 0 Å². The highest BCUT2D eigenvalue weighted by Gasteiger charge is 2.11. The van der Waals surface area contributed by atoms with E-state index in [1.54, 1.807) is 7.05 Å². The Balaban J connectivity index is 2.07. The zero-order chi connectivity index (χ0) is 14.0. The molecule has 0 saturated carbocycles. The largest absolute Gasteiger partial charge is 0.384 e. The molecule has 19 heavy (non-hydrogen) atoms. The van der Waals surface area contributed by atoms with Crippen molar-refractivity contribution in [2.45, 2.75) is 6.54 Å². The van der Waals surface area contributed by atoms with Gasteiger partial charge >= 0.3 is 0 Å². The van der Waals surface area contributed by atoms with Crippen LogP contribution >= 0.6 is 0 Å². The minimum atomic E-state index is -0.800. The SMILES string of the molecule is Cn1ncc(CNC(=O)c2cc(F)cc(F)c2)c1N. The minimum Gasteiger partial charge on any atom is -0.384 e. The molecule has 1 aromatic heterocycles. The number of rotatable bonds is 3. The van der Waals surface area contributed by atoms with Gasteiger partial charge in [0, 0.05) is 30.8 Å². The lowest BCUT2D eigenvalue weighted by molar-refractivity contribution is 0.0950. The van der Waals surface area contributed by atoms with E-state index < -0.39 is 17.5 Å². The highest BCUT2D eigenvalue weighted by atomic mass is 19.1. The number of nitrogens with one attached hydrogen (secondary N) is 1. The van der Waals surface area contributed by atoms with E-state index in [2.05, 4.69) is 10.4 Å². The Labute approximate surface area is 108 Å². The van der Waals surface area contributed by atoms with E-state index in [1.165, 1.54) is 10.9 Å². The van der Waals surface area contributed by atoms with E-state index in [0.29, 0.717) is 17.4 Å². The van der Waals surface area contributed by atoms with E-state index in [1.807, 2.05) is 0 Å². The maximum Gasteiger partial charge on any atom is 0.251 e. The number of halogens is 2. The monoisotopic (exact) mass is 266 g/mol. The zero-order valence-corrected chi connectivity index (χ0v) is 10.2. The molecule has 0 saturated heterocycles. The van der Waals surface area contributed by atoms with Crippen molar-refractivity contribution in [1.82, 2.24) is 15.1 Å². The Morgan fingerprint density at radius 2 is 2.00 bits per heavy atom. The van der Waals surface area contributed by atoms with Crippen LogP contribution in [0.2, 0.25) is 0 Å². The Bertz CT molecular complexity index is 604. The van der Waals surface area contributed by atoms with E-state index >= 15 is 0 Å². The van der Waals surface area contributed by atoms with Gasteiger partial charge in [-0.05, 0) is 12.1 Å². The van der Waals surface area contributed by atoms with Gasteiger partial charge in [0.1, 0.15) is 17.5 Å². The number of anilines is 1. The number of carbonyl (C=O) groups excluding carboxylic acids is 1. The third-order valence-electron chi connectivity index (χ3n) is 2.63. The highest BCUT2D eigenvalue weighted by molar-refractivity contribution is 5.94. The van der Waals surface area contributed by atoms with Crippen LogP contribution in [0.25, 0.3) is 0 Å². The molecule has 1 amide bonds. The van der Waals surface area contributed by atoms with Crippen LogP contribution in [0, 0.1) is 11.6 Å². The highest BCUT2D eigenvalue weighted by Crippen LogP contribution is 2.10. The van der Waals surface area contributed by atoms with Gasteiger partial charge in [-0.3, -0.25) is 9.48 Å². The summed E-state index contributed by atoms with van der Waals surface area (Å²) in [7, 11) is 1.67. The summed E-state index contributed by atoms with van der Waals surface area (Å²) in [4.78, 5) is 11.7. The van der Waals surface area contributed by atoms with Gasteiger partial charge in [-0.2, -0.15) is 5.10 Å². The standard InChI is InChI=1S/C12H12F2N4O/c1-18-11(15)8(6-17-18)5-16-12(19)7-2-9(13)4-10(14)3-7/h2-4,6H,5,15H2,1H3,(H,16,19). The third-order valence-corrected chi connectivity index (χ3v) is 2.63. The van der Waals surface area contributed by atoms with Gasteiger partial charge in [0.05, 0.1) is 6.20 Å². The number of nitrogen functional groups attached to an aromatic ring is 1. The van der Waals surface area contributed by atoms with Gasteiger partial charge in [0.25, 0.3) is 5.91 Å². The molecule has 0 aliphatic heterocycles. The first-order valence-corrected chi connectivity index (χ1v) is 5.48. The summed E-state index contributed by atoms with van der Waals surface area (Å²) in [6.07, 6.45) is 1.52. The molecule has 0 spiro atoms. The van der Waals surface area contributed by atoms with Crippen molar-refractivity contribution in [3.05, 3.63) is 47.2 Å². The molecule has 1 aromatic carbocycles. The summed E-state index contributed by atoms with van der Waals surface area (Å²) in [5, 5.41) is 6.43. The topological polar surface area (TPSA) is 72.9 Å². The van der Waals surface area contributed by atoms with Crippen LogP contribution in [-0.2, 0) is 13.6 Å². The Morgan fingerprint density at radius 1 is 1.37 bits per heavy atom. The molecule has 3 N–H and O–H groups in total. The molecule has 0 fully saturated rings. The summed E-state index contributed by atoms with van der Waals surface area (Å²) < 4.78 is 27.4. The van der Waals surface area contributed by atoms with Crippen molar-refractivity contribution >= 4 is 11.7 Å². The van der Waals surface area contributed by atoms with Gasteiger partial charge in [-0.1, -0.05) is 0 Å². The molecule has 100 valence electrons. The molecular formula is C12H12F2N4O. The Morgan fingerprint density at radius 3 is 2.53 bits per heavy atom. The lowest BCUT2D eigenvalue weighted by Gasteiger charge is -2.05. The van der Waals surface area contributed by atoms with E-state index in [9.17, 15) is 13.6 Å². The van der Waals surface area contributed by atoms with E-state index in [0.717, 1.165) is 12.1 Å². The number of hydrogen-bond donors (Lipinski definition) is 2. The fraction of sp³-hybridized carbons (Fsp3) is 0.167. The average molecular weight is 266 g/mol. The summed E-state index contributed by atoms with van der Waals surface area (Å²) in [6, 6.07) is 2.63. The van der Waals surface area contributed by atoms with Crippen molar-refractivity contribution in [3.63, 3.8) is 0 Å². The molecule has 0 bridgehead atoms. The van der Waals surface area contributed by atoms with Crippen LogP contribution in [0.1, 0.15) is 15.9 Å². The van der Waals surface area contributed by atoms with Crippen molar-refractivity contribution in [2.24, 2.45) is 7.05 Å². The molecule has 0 aliphatic rings. The molecule has 0 atom stereocenters. The second-order valence-electron chi connectivity index (χ2n) is 4.02. The number of aryl methyl sites for hydroxylation is 1. The second-order valence-corrected chi connectivity index (χ2v) is 4.02. The first kappa shape index (κ1) is 13.0. The number of nitrogens with zero attached hydrogens (tertiary/aromatic N) is 2. The molecule has 0 aliphatic carbocycles. The van der Waals surface area contributed by atoms with Crippen molar-refractivity contribution in [2.75, 3.05) is 5.73 Å². The lowest BCUT2D eigenvalue weighted by atomic mass is 10.2. The fourth-order valence-electron chi connectivity index (χ4n) is 1.59. The van der Waals surface area contributed by atoms with Crippen LogP contribution in [0.5, 0.6) is 0 Å². The van der Waals surface area contributed by atoms with Crippen molar-refractivity contribution in [3.8, 4) is 0 Å². The number of benzene rings is 1. The second kappa shape index (κ2) is 5.05. The molecule has 7 heteroatoms. The van der Waals surface area contributed by atoms with Gasteiger partial charge in [-0.15, -0.1) is 0 Å². The number of amides is 1. The smallest absolute Gasteiger partial charge is 0.251 e. The first-order valence-electron chi connectivity index (χ1n) is 5.48. The number of hydrogen-bond acceptors (Lipinski definition) is 3. The quantitative estimate of drug-likeness (QED) is 0.877. The predicted molar refractivity (Wildman–Crippen MR) is 65.1 cm³/mol. The first-order chi connectivity index (χ1) is 8.97. The maximum atomic E-state index is 13.0. The van der Waals surface area contributed by atoms with Crippen LogP contribution in [-0.4, -0.2) is 15.7 Å². The molecule has 0 unspecified atom stereocenters. The summed E-state index contributed by atoms with van der Waals surface area (Å²) in [5.41, 5.74) is 6.25. The molecule has 1 heterocycles. The van der Waals surface area contributed by atoms with Crippen LogP contribution in [0.15, 0.2) is 24.4 Å². The van der Waals surface area contributed by atoms with E-state index in [4.69, 9.17) is 5.73 Å². The number of aromatic nitrogens is 2. The Hall–Kier alpha value is -2.44. The fourth-order valence-corrected chi connectivity index (χ4v) is 1.59. The Kier molecular flexibility index (Phi) is 3.46. The summed E-state index contributed by atoms with van der Waals surface area (Å²) in [5.74, 6) is -1.76. The number of carbonyl (C=O) groups is 1. The predicted octanol–water partition coefficient (Wildman–Crippen LogP) is 1.21. The van der Waals surface area contributed by atoms with Crippen LogP contribution in [0.4, 0.5) is 14.6 Å². The maximum absolute atomic E-state index is 13.0. The minimum absolute atomic E-state index is 0.0834. The number of nitrogens with two attached hydrogens (primary N) is 1. The summed E-state index contributed by atoms with van der Waals surface area (Å²) >= 11 is 0. The van der Waals surface area contributed by atoms with Gasteiger partial charge in [-0.25, -0.2) is 8.78 Å².